The zero-order valence-corrected chi connectivity index (χ0v) is 20.4. The topological polar surface area (TPSA) is 129 Å². The first-order valence-electron chi connectivity index (χ1n) is 11.8. The molecule has 0 radical (unpaired) electrons. The fraction of sp³-hybridized carbons (Fsp3) is 0.423. The Morgan fingerprint density at radius 3 is 2.34 bits per heavy atom. The first-order chi connectivity index (χ1) is 16.6. The Labute approximate surface area is 205 Å². The van der Waals surface area contributed by atoms with Crippen LogP contribution in [0.4, 0.5) is 10.5 Å². The van der Waals surface area contributed by atoms with Crippen molar-refractivity contribution in [3.63, 3.8) is 0 Å². The molecule has 2 atom stereocenters. The van der Waals surface area contributed by atoms with Crippen molar-refractivity contribution in [1.82, 2.24) is 16.0 Å². The summed E-state index contributed by atoms with van der Waals surface area (Å²) >= 11 is 0. The first-order valence-corrected chi connectivity index (χ1v) is 11.8. The number of carboxylic acid groups (broad SMARTS) is 1. The maximum absolute atomic E-state index is 13.1. The predicted molar refractivity (Wildman–Crippen MR) is 134 cm³/mol. The Hall–Kier alpha value is -3.59. The number of piperidine rings is 1. The Morgan fingerprint density at radius 2 is 1.77 bits per heavy atom. The van der Waals surface area contributed by atoms with Gasteiger partial charge in [0.05, 0.1) is 5.56 Å². The van der Waals surface area contributed by atoms with Crippen LogP contribution in [0.15, 0.2) is 48.5 Å². The third-order valence-corrected chi connectivity index (χ3v) is 5.44. The molecule has 1 saturated heterocycles. The van der Waals surface area contributed by atoms with Gasteiger partial charge in [0.1, 0.15) is 17.4 Å². The van der Waals surface area contributed by atoms with E-state index in [1.54, 1.807) is 0 Å². The van der Waals surface area contributed by atoms with Crippen LogP contribution in [0, 0.1) is 0 Å². The summed E-state index contributed by atoms with van der Waals surface area (Å²) in [4.78, 5) is 36.8. The van der Waals surface area contributed by atoms with Gasteiger partial charge in [-0.25, -0.2) is 9.59 Å². The van der Waals surface area contributed by atoms with E-state index in [4.69, 9.17) is 9.84 Å². The molecule has 3 amide bonds. The van der Waals surface area contributed by atoms with Gasteiger partial charge < -0.3 is 31.1 Å². The number of hydrogen-bond donors (Lipinski definition) is 5. The molecule has 5 N–H and O–H groups in total. The zero-order chi connectivity index (χ0) is 25.4. The molecule has 1 heterocycles. The number of carbonyl (C=O) groups is 3. The average Bonchev–Trinajstić information content (AvgIpc) is 2.80. The van der Waals surface area contributed by atoms with E-state index in [-0.39, 0.29) is 23.1 Å². The van der Waals surface area contributed by atoms with Gasteiger partial charge in [-0.05, 0) is 82.1 Å². The fourth-order valence-electron chi connectivity index (χ4n) is 3.79. The van der Waals surface area contributed by atoms with E-state index in [1.807, 2.05) is 45.0 Å². The van der Waals surface area contributed by atoms with Crippen LogP contribution in [0.1, 0.15) is 49.5 Å². The number of benzene rings is 2. The van der Waals surface area contributed by atoms with Crippen molar-refractivity contribution in [2.75, 3.05) is 18.4 Å². The van der Waals surface area contributed by atoms with Gasteiger partial charge in [0.15, 0.2) is 0 Å². The highest BCUT2D eigenvalue weighted by molar-refractivity contribution is 5.94. The van der Waals surface area contributed by atoms with E-state index in [0.717, 1.165) is 30.7 Å². The molecule has 0 saturated carbocycles. The van der Waals surface area contributed by atoms with Crippen LogP contribution in [-0.4, -0.2) is 53.8 Å². The van der Waals surface area contributed by atoms with Crippen LogP contribution < -0.4 is 26.0 Å². The lowest BCUT2D eigenvalue weighted by Gasteiger charge is -2.27. The molecule has 35 heavy (non-hydrogen) atoms. The highest BCUT2D eigenvalue weighted by Crippen LogP contribution is 2.19. The van der Waals surface area contributed by atoms with E-state index >= 15 is 0 Å². The molecule has 3 rings (SSSR count). The molecular weight excluding hydrogens is 448 g/mol. The monoisotopic (exact) mass is 482 g/mol. The maximum atomic E-state index is 13.1. The minimum atomic E-state index is -1.05. The van der Waals surface area contributed by atoms with E-state index in [1.165, 1.54) is 24.3 Å². The van der Waals surface area contributed by atoms with Crippen molar-refractivity contribution in [2.24, 2.45) is 0 Å². The summed E-state index contributed by atoms with van der Waals surface area (Å²) in [6.45, 7) is 7.54. The molecule has 9 nitrogen and oxygen atoms in total. The smallest absolute Gasteiger partial charge is 0.335 e. The molecular formula is C26H34N4O5. The number of nitrogens with one attached hydrogen (secondary N) is 4. The van der Waals surface area contributed by atoms with E-state index in [2.05, 4.69) is 21.3 Å². The number of urea groups is 1. The number of carboxylic acids is 1. The van der Waals surface area contributed by atoms with Gasteiger partial charge in [0.25, 0.3) is 0 Å². The molecule has 0 unspecified atom stereocenters. The van der Waals surface area contributed by atoms with Crippen LogP contribution in [0.2, 0.25) is 0 Å². The molecule has 0 aromatic heterocycles. The Bertz CT molecular complexity index is 1010. The van der Waals surface area contributed by atoms with Crippen LogP contribution in [0.5, 0.6) is 5.75 Å². The van der Waals surface area contributed by atoms with E-state index in [9.17, 15) is 14.4 Å². The van der Waals surface area contributed by atoms with Crippen LogP contribution in [0.25, 0.3) is 0 Å². The Morgan fingerprint density at radius 1 is 1.09 bits per heavy atom. The number of hydrogen-bond acceptors (Lipinski definition) is 5. The number of aromatic carboxylic acids is 1. The van der Waals surface area contributed by atoms with Gasteiger partial charge in [0, 0.05) is 24.7 Å². The van der Waals surface area contributed by atoms with Crippen molar-refractivity contribution in [3.8, 4) is 5.75 Å². The van der Waals surface area contributed by atoms with Gasteiger partial charge >= 0.3 is 12.0 Å². The average molecular weight is 483 g/mol. The van der Waals surface area contributed by atoms with Crippen LogP contribution >= 0.6 is 0 Å². The third-order valence-electron chi connectivity index (χ3n) is 5.44. The van der Waals surface area contributed by atoms with Crippen molar-refractivity contribution in [3.05, 3.63) is 59.7 Å². The summed E-state index contributed by atoms with van der Waals surface area (Å²) < 4.78 is 5.86. The van der Waals surface area contributed by atoms with Crippen molar-refractivity contribution < 1.29 is 24.2 Å². The molecule has 2 aromatic carbocycles. The minimum Gasteiger partial charge on any atom is -0.488 e. The summed E-state index contributed by atoms with van der Waals surface area (Å²) in [5.41, 5.74) is 1.10. The lowest BCUT2D eigenvalue weighted by atomic mass is 10.0. The van der Waals surface area contributed by atoms with Crippen LogP contribution in [-0.2, 0) is 11.2 Å². The first kappa shape index (κ1) is 26.0. The molecule has 1 aliphatic rings. The normalized spacial score (nSPS) is 16.6. The molecule has 2 aromatic rings. The Balaban J connectivity index is 1.68. The number of ether oxygens (including phenoxy) is 1. The minimum absolute atomic E-state index is 0.00901. The summed E-state index contributed by atoms with van der Waals surface area (Å²) in [6, 6.07) is 11.9. The third kappa shape index (κ3) is 8.60. The quantitative estimate of drug-likeness (QED) is 0.393. The summed E-state index contributed by atoms with van der Waals surface area (Å²) in [5, 5.41) is 20.8. The zero-order valence-electron chi connectivity index (χ0n) is 20.4. The largest absolute Gasteiger partial charge is 0.488 e. The number of rotatable bonds is 8. The van der Waals surface area contributed by atoms with Crippen molar-refractivity contribution in [1.29, 1.82) is 0 Å². The molecule has 0 aliphatic carbocycles. The summed E-state index contributed by atoms with van der Waals surface area (Å²) in [7, 11) is 0. The van der Waals surface area contributed by atoms with Gasteiger partial charge in [-0.15, -0.1) is 0 Å². The number of carbonyl (C=O) groups excluding carboxylic acids is 2. The highest BCUT2D eigenvalue weighted by atomic mass is 16.5. The fourth-order valence-corrected chi connectivity index (χ4v) is 3.79. The number of amides is 3. The van der Waals surface area contributed by atoms with E-state index < -0.39 is 18.0 Å². The second-order valence-electron chi connectivity index (χ2n) is 9.65. The van der Waals surface area contributed by atoms with Gasteiger partial charge in [-0.2, -0.15) is 0 Å². The molecule has 1 fully saturated rings. The molecule has 1 aliphatic heterocycles. The highest BCUT2D eigenvalue weighted by Gasteiger charge is 2.25. The van der Waals surface area contributed by atoms with Gasteiger partial charge in [-0.1, -0.05) is 12.1 Å². The van der Waals surface area contributed by atoms with Gasteiger partial charge in [-0.3, -0.25) is 4.79 Å². The van der Waals surface area contributed by atoms with Gasteiger partial charge in [0.2, 0.25) is 5.91 Å². The summed E-state index contributed by atoms with van der Waals surface area (Å²) in [5.74, 6) is -0.579. The maximum Gasteiger partial charge on any atom is 0.335 e. The van der Waals surface area contributed by atoms with Crippen LogP contribution in [0.3, 0.4) is 0 Å². The lowest BCUT2D eigenvalue weighted by Crippen LogP contribution is -2.54. The standard InChI is InChI=1S/C26H34N4O5/c1-26(2,3)35-21-12-6-17(7-13-21)15-22(23(31)28-20-5-4-14-27-16-20)30-25(34)29-19-10-8-18(9-11-19)24(32)33/h6-13,20,22,27H,4-5,14-16H2,1-3H3,(H,28,31)(H,32,33)(H2,29,30,34)/t20-,22-/m0/s1. The van der Waals surface area contributed by atoms with Crippen molar-refractivity contribution >= 4 is 23.6 Å². The Kier molecular flexibility index (Phi) is 8.70. The predicted octanol–water partition coefficient (Wildman–Crippen LogP) is 3.16. The SMILES string of the molecule is CC(C)(C)Oc1ccc(C[C@H](NC(=O)Nc2ccc(C(=O)O)cc2)C(=O)N[C@H]2CCCNC2)cc1. The second-order valence-corrected chi connectivity index (χ2v) is 9.65. The molecule has 0 bridgehead atoms. The summed E-state index contributed by atoms with van der Waals surface area (Å²) in [6.07, 6.45) is 2.16. The lowest BCUT2D eigenvalue weighted by molar-refractivity contribution is -0.123. The van der Waals surface area contributed by atoms with Crippen molar-refractivity contribution in [2.45, 2.75) is 57.7 Å². The second kappa shape index (κ2) is 11.7. The van der Waals surface area contributed by atoms with E-state index in [0.29, 0.717) is 18.7 Å². The molecule has 0 spiro atoms. The molecule has 188 valence electrons. The number of anilines is 1. The molecule has 9 heteroatoms.